The minimum Gasteiger partial charge on any atom is -0.358 e. The summed E-state index contributed by atoms with van der Waals surface area (Å²) in [7, 11) is 0. The minimum absolute atomic E-state index is 0.629. The smallest absolute Gasteiger partial charge is 0.171 e. The van der Waals surface area contributed by atoms with Gasteiger partial charge in [0.25, 0.3) is 0 Å². The molecular weight excluding hydrogens is 382 g/mol. The van der Waals surface area contributed by atoms with Crippen LogP contribution in [0.15, 0.2) is 53.0 Å². The van der Waals surface area contributed by atoms with Crippen molar-refractivity contribution in [3.05, 3.63) is 64.1 Å². The second-order valence-corrected chi connectivity index (χ2v) is 7.09. The van der Waals surface area contributed by atoms with Crippen molar-refractivity contribution in [1.82, 2.24) is 5.32 Å². The van der Waals surface area contributed by atoms with E-state index in [0.717, 1.165) is 36.3 Å². The summed E-state index contributed by atoms with van der Waals surface area (Å²) in [4.78, 5) is 1.60. The van der Waals surface area contributed by atoms with E-state index in [-0.39, 0.29) is 0 Å². The topological polar surface area (TPSA) is 28.5 Å². The molecule has 2 aromatic rings. The molecule has 3 nitrogen and oxygen atoms in total. The first-order valence-electron chi connectivity index (χ1n) is 8.32. The second kappa shape index (κ2) is 9.77. The van der Waals surface area contributed by atoms with Crippen LogP contribution in [0, 0.1) is 0 Å². The van der Waals surface area contributed by atoms with Gasteiger partial charge in [-0.15, -0.1) is 0 Å². The molecule has 3 N–H and O–H groups in total. The first-order valence-corrected chi connectivity index (χ1v) is 9.52. The molecule has 0 bridgehead atoms. The number of thiocarbonyl (C=S) groups is 1. The van der Waals surface area contributed by atoms with Crippen molar-refractivity contribution in [3.8, 4) is 0 Å². The quantitative estimate of drug-likeness (QED) is 0.615. The molecule has 0 fully saturated rings. The van der Waals surface area contributed by atoms with Gasteiger partial charge >= 0.3 is 0 Å². The lowest BCUT2D eigenvalue weighted by Crippen LogP contribution is -3.10. The molecule has 0 atom stereocenters. The average molecular weight is 407 g/mol. The van der Waals surface area contributed by atoms with E-state index in [9.17, 15) is 0 Å². The Hall–Kier alpha value is -1.43. The highest BCUT2D eigenvalue weighted by atomic mass is 79.9. The standard InChI is InChI=1S/C19H24BrN3S/c1-3-23(4-2)14-16-10-8-15(9-11-16)13-21-19(24)22-18-7-5-6-17(20)12-18/h5-12H,3-4,13-14H2,1-2H3,(H2,21,22,24)/p+1. The van der Waals surface area contributed by atoms with Crippen LogP contribution in [0.25, 0.3) is 0 Å². The van der Waals surface area contributed by atoms with Crippen molar-refractivity contribution < 1.29 is 4.90 Å². The van der Waals surface area contributed by atoms with E-state index in [1.165, 1.54) is 11.1 Å². The van der Waals surface area contributed by atoms with Crippen LogP contribution in [-0.2, 0) is 13.1 Å². The van der Waals surface area contributed by atoms with Crippen LogP contribution in [0.1, 0.15) is 25.0 Å². The van der Waals surface area contributed by atoms with Crippen LogP contribution in [0.4, 0.5) is 5.69 Å². The number of quaternary nitrogens is 1. The molecule has 0 amide bonds. The van der Waals surface area contributed by atoms with Gasteiger partial charge in [0.2, 0.25) is 0 Å². The third-order valence-corrected chi connectivity index (χ3v) is 4.75. The lowest BCUT2D eigenvalue weighted by atomic mass is 10.1. The molecule has 0 unspecified atom stereocenters. The Morgan fingerprint density at radius 1 is 1.04 bits per heavy atom. The van der Waals surface area contributed by atoms with Crippen LogP contribution in [0.2, 0.25) is 0 Å². The van der Waals surface area contributed by atoms with E-state index in [2.05, 4.69) is 64.7 Å². The first-order chi connectivity index (χ1) is 11.6. The predicted molar refractivity (Wildman–Crippen MR) is 109 cm³/mol. The lowest BCUT2D eigenvalue weighted by molar-refractivity contribution is -0.910. The number of halogens is 1. The van der Waals surface area contributed by atoms with Crippen molar-refractivity contribution in [2.75, 3.05) is 18.4 Å². The van der Waals surface area contributed by atoms with Crippen molar-refractivity contribution in [3.63, 3.8) is 0 Å². The lowest BCUT2D eigenvalue weighted by Gasteiger charge is -2.15. The van der Waals surface area contributed by atoms with E-state index in [0.29, 0.717) is 5.11 Å². The summed E-state index contributed by atoms with van der Waals surface area (Å²) in [6, 6.07) is 16.7. The summed E-state index contributed by atoms with van der Waals surface area (Å²) in [6.45, 7) is 8.60. The molecule has 0 radical (unpaired) electrons. The predicted octanol–water partition coefficient (Wildman–Crippen LogP) is 3.36. The van der Waals surface area contributed by atoms with Crippen LogP contribution < -0.4 is 15.5 Å². The SMILES string of the molecule is CC[NH+](CC)Cc1ccc(CNC(=S)Nc2cccc(Br)c2)cc1. The fraction of sp³-hybridized carbons (Fsp3) is 0.316. The molecular formula is C19H25BrN3S+. The van der Waals surface area contributed by atoms with Crippen molar-refractivity contribution in [2.45, 2.75) is 26.9 Å². The van der Waals surface area contributed by atoms with Gasteiger partial charge in [-0.3, -0.25) is 0 Å². The number of hydrogen-bond acceptors (Lipinski definition) is 1. The highest BCUT2D eigenvalue weighted by Gasteiger charge is 2.04. The molecule has 128 valence electrons. The van der Waals surface area contributed by atoms with Gasteiger partial charge in [-0.05, 0) is 49.8 Å². The number of hydrogen-bond donors (Lipinski definition) is 3. The highest BCUT2D eigenvalue weighted by Crippen LogP contribution is 2.15. The first kappa shape index (κ1) is 18.9. The molecule has 0 aliphatic rings. The molecule has 0 aliphatic carbocycles. The maximum atomic E-state index is 5.35. The van der Waals surface area contributed by atoms with Crippen LogP contribution >= 0.6 is 28.1 Å². The Bertz CT molecular complexity index is 654. The zero-order valence-corrected chi connectivity index (χ0v) is 16.6. The normalized spacial score (nSPS) is 10.7. The molecule has 0 aliphatic heterocycles. The zero-order valence-electron chi connectivity index (χ0n) is 14.2. The Balaban J connectivity index is 1.82. The molecule has 0 saturated carbocycles. The van der Waals surface area contributed by atoms with Crippen molar-refractivity contribution in [1.29, 1.82) is 0 Å². The second-order valence-electron chi connectivity index (χ2n) is 5.77. The molecule has 24 heavy (non-hydrogen) atoms. The van der Waals surface area contributed by atoms with Gasteiger partial charge in [-0.2, -0.15) is 0 Å². The van der Waals surface area contributed by atoms with Gasteiger partial charge in [-0.25, -0.2) is 0 Å². The van der Waals surface area contributed by atoms with Crippen molar-refractivity contribution >= 4 is 38.9 Å². The van der Waals surface area contributed by atoms with E-state index in [4.69, 9.17) is 12.2 Å². The van der Waals surface area contributed by atoms with Gasteiger partial charge < -0.3 is 15.5 Å². The van der Waals surface area contributed by atoms with E-state index in [1.807, 2.05) is 24.3 Å². The minimum atomic E-state index is 0.629. The van der Waals surface area contributed by atoms with Crippen molar-refractivity contribution in [2.24, 2.45) is 0 Å². The number of anilines is 1. The van der Waals surface area contributed by atoms with Crippen LogP contribution in [0.5, 0.6) is 0 Å². The number of benzene rings is 2. The van der Waals surface area contributed by atoms with Gasteiger partial charge in [0, 0.05) is 22.3 Å². The summed E-state index contributed by atoms with van der Waals surface area (Å²) in [5.74, 6) is 0. The summed E-state index contributed by atoms with van der Waals surface area (Å²) < 4.78 is 1.03. The maximum absolute atomic E-state index is 5.35. The maximum Gasteiger partial charge on any atom is 0.171 e. The summed E-state index contributed by atoms with van der Waals surface area (Å²) in [5.41, 5.74) is 3.58. The van der Waals surface area contributed by atoms with Gasteiger partial charge in [0.1, 0.15) is 6.54 Å². The summed E-state index contributed by atoms with van der Waals surface area (Å²) >= 11 is 8.81. The van der Waals surface area contributed by atoms with Crippen LogP contribution in [0.3, 0.4) is 0 Å². The zero-order chi connectivity index (χ0) is 17.4. The Kier molecular flexibility index (Phi) is 7.69. The fourth-order valence-electron chi connectivity index (χ4n) is 2.49. The van der Waals surface area contributed by atoms with E-state index < -0.39 is 0 Å². The Morgan fingerprint density at radius 2 is 1.71 bits per heavy atom. The third kappa shape index (κ3) is 6.23. The summed E-state index contributed by atoms with van der Waals surface area (Å²) in [5, 5.41) is 7.07. The molecule has 2 aromatic carbocycles. The third-order valence-electron chi connectivity index (χ3n) is 4.01. The Morgan fingerprint density at radius 3 is 2.33 bits per heavy atom. The van der Waals surface area contributed by atoms with E-state index in [1.54, 1.807) is 4.90 Å². The average Bonchev–Trinajstić information content (AvgIpc) is 2.59. The molecule has 0 spiro atoms. The Labute approximate surface area is 158 Å². The molecule has 0 saturated heterocycles. The molecule has 5 heteroatoms. The van der Waals surface area contributed by atoms with Crippen LogP contribution in [-0.4, -0.2) is 18.2 Å². The van der Waals surface area contributed by atoms with Gasteiger partial charge in [0.15, 0.2) is 5.11 Å². The summed E-state index contributed by atoms with van der Waals surface area (Å²) in [6.07, 6.45) is 0. The molecule has 0 heterocycles. The number of nitrogens with one attached hydrogen (secondary N) is 3. The van der Waals surface area contributed by atoms with Gasteiger partial charge in [-0.1, -0.05) is 46.3 Å². The molecule has 2 rings (SSSR count). The monoisotopic (exact) mass is 406 g/mol. The van der Waals surface area contributed by atoms with E-state index >= 15 is 0 Å². The van der Waals surface area contributed by atoms with Gasteiger partial charge in [0.05, 0.1) is 13.1 Å². The number of rotatable bonds is 7. The largest absolute Gasteiger partial charge is 0.358 e. The highest BCUT2D eigenvalue weighted by molar-refractivity contribution is 9.10. The fourth-order valence-corrected chi connectivity index (χ4v) is 3.08. The molecule has 0 aromatic heterocycles.